The molecule has 3 N–H and O–H groups in total. The topological polar surface area (TPSA) is 98.3 Å². The molecule has 1 atom stereocenters. The summed E-state index contributed by atoms with van der Waals surface area (Å²) < 4.78 is 19.5. The van der Waals surface area contributed by atoms with E-state index in [9.17, 15) is 14.3 Å². The fraction of sp³-hybridized carbons (Fsp3) is 0.292. The van der Waals surface area contributed by atoms with E-state index >= 15 is 0 Å². The van der Waals surface area contributed by atoms with Crippen molar-refractivity contribution >= 4 is 5.91 Å². The van der Waals surface area contributed by atoms with Crippen LogP contribution in [-0.4, -0.2) is 26.6 Å². The molecular weight excluding hydrogens is 397 g/mol. The first kappa shape index (κ1) is 20.9. The molecule has 0 saturated heterocycles. The Balaban J connectivity index is 1.76. The van der Waals surface area contributed by atoms with Crippen molar-refractivity contribution in [2.75, 3.05) is 0 Å². The quantitative estimate of drug-likeness (QED) is 0.578. The number of nitrogens with zero attached hydrogens (tertiary/aromatic N) is 2. The number of nitrogens with two attached hydrogens (primary N) is 1. The SMILES string of the molecule is C[C@@](O)(Cc1nc(OCc2cccnc2)c(-c2ccc(F)cc2)cc1C(N)=O)C1CC1. The van der Waals surface area contributed by atoms with Gasteiger partial charge in [0.25, 0.3) is 5.91 Å². The highest BCUT2D eigenvalue weighted by Crippen LogP contribution is 2.42. The smallest absolute Gasteiger partial charge is 0.250 e. The van der Waals surface area contributed by atoms with Gasteiger partial charge in [-0.2, -0.15) is 0 Å². The number of halogens is 1. The molecule has 0 spiro atoms. The summed E-state index contributed by atoms with van der Waals surface area (Å²) >= 11 is 0. The first-order chi connectivity index (χ1) is 14.8. The van der Waals surface area contributed by atoms with Gasteiger partial charge in [0.05, 0.1) is 16.9 Å². The summed E-state index contributed by atoms with van der Waals surface area (Å²) in [5, 5.41) is 10.8. The van der Waals surface area contributed by atoms with Crippen molar-refractivity contribution < 1.29 is 19.0 Å². The predicted octanol–water partition coefficient (Wildman–Crippen LogP) is 3.66. The fourth-order valence-electron chi connectivity index (χ4n) is 3.65. The zero-order valence-electron chi connectivity index (χ0n) is 17.2. The van der Waals surface area contributed by atoms with Crippen LogP contribution in [0, 0.1) is 11.7 Å². The maximum atomic E-state index is 13.5. The van der Waals surface area contributed by atoms with E-state index in [2.05, 4.69) is 9.97 Å². The van der Waals surface area contributed by atoms with Crippen molar-refractivity contribution in [3.63, 3.8) is 0 Å². The average Bonchev–Trinajstić information content (AvgIpc) is 3.59. The first-order valence-corrected chi connectivity index (χ1v) is 10.2. The number of benzene rings is 1. The lowest BCUT2D eigenvalue weighted by atomic mass is 9.91. The van der Waals surface area contributed by atoms with E-state index < -0.39 is 11.5 Å². The molecule has 1 aromatic carbocycles. The molecule has 6 nitrogen and oxygen atoms in total. The second-order valence-electron chi connectivity index (χ2n) is 8.16. The third kappa shape index (κ3) is 4.88. The number of pyridine rings is 2. The van der Waals surface area contributed by atoms with Crippen LogP contribution < -0.4 is 10.5 Å². The summed E-state index contributed by atoms with van der Waals surface area (Å²) in [6.07, 6.45) is 5.43. The lowest BCUT2D eigenvalue weighted by molar-refractivity contribution is 0.0359. The van der Waals surface area contributed by atoms with Crippen molar-refractivity contribution in [1.29, 1.82) is 0 Å². The Labute approximate surface area is 179 Å². The Morgan fingerprint density at radius 2 is 2.03 bits per heavy atom. The lowest BCUT2D eigenvalue weighted by Crippen LogP contribution is -2.32. The first-order valence-electron chi connectivity index (χ1n) is 10.2. The molecule has 31 heavy (non-hydrogen) atoms. The van der Waals surface area contributed by atoms with Gasteiger partial charge in [0.1, 0.15) is 12.4 Å². The summed E-state index contributed by atoms with van der Waals surface area (Å²) in [6, 6.07) is 11.1. The highest BCUT2D eigenvalue weighted by atomic mass is 19.1. The number of ether oxygens (including phenoxy) is 1. The van der Waals surface area contributed by atoms with E-state index in [1.165, 1.54) is 12.1 Å². The highest BCUT2D eigenvalue weighted by molar-refractivity contribution is 5.95. The Morgan fingerprint density at radius 3 is 2.65 bits per heavy atom. The maximum absolute atomic E-state index is 13.5. The van der Waals surface area contributed by atoms with E-state index in [-0.39, 0.29) is 36.2 Å². The van der Waals surface area contributed by atoms with E-state index in [0.29, 0.717) is 16.8 Å². The van der Waals surface area contributed by atoms with Crippen molar-refractivity contribution in [1.82, 2.24) is 9.97 Å². The van der Waals surface area contributed by atoms with Gasteiger partial charge in [-0.25, -0.2) is 9.37 Å². The number of carbonyl (C=O) groups excluding carboxylic acids is 1. The van der Waals surface area contributed by atoms with Gasteiger partial charge < -0.3 is 15.6 Å². The Morgan fingerprint density at radius 1 is 1.29 bits per heavy atom. The summed E-state index contributed by atoms with van der Waals surface area (Å²) in [4.78, 5) is 20.9. The van der Waals surface area contributed by atoms with Crippen LogP contribution in [0.4, 0.5) is 4.39 Å². The zero-order chi connectivity index (χ0) is 22.0. The van der Waals surface area contributed by atoms with E-state index in [1.807, 2.05) is 12.1 Å². The van der Waals surface area contributed by atoms with Crippen LogP contribution in [0.1, 0.15) is 41.4 Å². The molecule has 1 saturated carbocycles. The number of hydrogen-bond acceptors (Lipinski definition) is 5. The molecule has 0 bridgehead atoms. The molecule has 4 rings (SSSR count). The van der Waals surface area contributed by atoms with Gasteiger partial charge in [0.2, 0.25) is 5.88 Å². The molecule has 0 radical (unpaired) electrons. The van der Waals surface area contributed by atoms with Crippen molar-refractivity contribution in [3.8, 4) is 17.0 Å². The molecule has 1 aliphatic carbocycles. The van der Waals surface area contributed by atoms with Gasteiger partial charge in [-0.1, -0.05) is 18.2 Å². The summed E-state index contributed by atoms with van der Waals surface area (Å²) in [7, 11) is 0. The Kier molecular flexibility index (Phi) is 5.69. The van der Waals surface area contributed by atoms with Crippen molar-refractivity contribution in [2.24, 2.45) is 11.7 Å². The van der Waals surface area contributed by atoms with Crippen LogP contribution in [0.25, 0.3) is 11.1 Å². The number of hydrogen-bond donors (Lipinski definition) is 2. The van der Waals surface area contributed by atoms with Gasteiger partial charge in [-0.05, 0) is 55.5 Å². The molecule has 0 aliphatic heterocycles. The Hall–Kier alpha value is -3.32. The third-order valence-electron chi connectivity index (χ3n) is 5.57. The second-order valence-corrected chi connectivity index (χ2v) is 8.16. The minimum Gasteiger partial charge on any atom is -0.472 e. The molecule has 2 heterocycles. The number of aromatic nitrogens is 2. The van der Waals surface area contributed by atoms with Gasteiger partial charge in [0.15, 0.2) is 0 Å². The lowest BCUT2D eigenvalue weighted by Gasteiger charge is -2.24. The number of rotatable bonds is 8. The number of amides is 1. The summed E-state index contributed by atoms with van der Waals surface area (Å²) in [6.45, 7) is 1.96. The number of primary amides is 1. The molecule has 160 valence electrons. The molecule has 1 amide bonds. The van der Waals surface area contributed by atoms with Gasteiger partial charge in [-0.3, -0.25) is 9.78 Å². The minimum absolute atomic E-state index is 0.173. The van der Waals surface area contributed by atoms with E-state index in [1.54, 1.807) is 37.5 Å². The van der Waals surface area contributed by atoms with Crippen LogP contribution in [0.5, 0.6) is 5.88 Å². The van der Waals surface area contributed by atoms with E-state index in [0.717, 1.165) is 18.4 Å². The number of carbonyl (C=O) groups is 1. The van der Waals surface area contributed by atoms with Crippen molar-refractivity contribution in [2.45, 2.75) is 38.4 Å². The summed E-state index contributed by atoms with van der Waals surface area (Å²) in [5.41, 5.74) is 7.26. The largest absolute Gasteiger partial charge is 0.472 e. The second kappa shape index (κ2) is 8.43. The molecule has 3 aromatic rings. The van der Waals surface area contributed by atoms with Gasteiger partial charge >= 0.3 is 0 Å². The molecule has 1 aliphatic rings. The van der Waals surface area contributed by atoms with Gasteiger partial charge in [-0.15, -0.1) is 0 Å². The van der Waals surface area contributed by atoms with Crippen LogP contribution in [0.2, 0.25) is 0 Å². The monoisotopic (exact) mass is 421 g/mol. The predicted molar refractivity (Wildman–Crippen MR) is 114 cm³/mol. The number of aliphatic hydroxyl groups is 1. The molecular formula is C24H24FN3O3. The maximum Gasteiger partial charge on any atom is 0.250 e. The van der Waals surface area contributed by atoms with Crippen molar-refractivity contribution in [3.05, 3.63) is 77.5 Å². The highest BCUT2D eigenvalue weighted by Gasteiger charge is 2.41. The van der Waals surface area contributed by atoms with Crippen LogP contribution >= 0.6 is 0 Å². The third-order valence-corrected chi connectivity index (χ3v) is 5.57. The van der Waals surface area contributed by atoms with Crippen LogP contribution in [-0.2, 0) is 13.0 Å². The molecule has 7 heteroatoms. The van der Waals surface area contributed by atoms with E-state index in [4.69, 9.17) is 10.5 Å². The molecule has 1 fully saturated rings. The Bertz CT molecular complexity index is 1080. The molecule has 2 aromatic heterocycles. The van der Waals surface area contributed by atoms with Gasteiger partial charge in [0, 0.05) is 29.9 Å². The zero-order valence-corrected chi connectivity index (χ0v) is 17.2. The molecule has 0 unspecified atom stereocenters. The van der Waals surface area contributed by atoms with Crippen LogP contribution in [0.15, 0.2) is 54.9 Å². The summed E-state index contributed by atoms with van der Waals surface area (Å²) in [5.74, 6) is -0.563. The minimum atomic E-state index is -0.991. The fourth-order valence-corrected chi connectivity index (χ4v) is 3.65. The normalized spacial score (nSPS) is 15.3. The standard InChI is InChI=1S/C24H24FN3O3/c1-24(30,17-6-7-17)12-21-20(22(26)29)11-19(16-4-8-18(25)9-5-16)23(28-21)31-14-15-3-2-10-27-13-15/h2-5,8-11,13,17,30H,6-7,12,14H2,1H3,(H2,26,29)/t24-/m1/s1. The van der Waals surface area contributed by atoms with Crippen LogP contribution in [0.3, 0.4) is 0 Å². The average molecular weight is 421 g/mol.